The van der Waals surface area contributed by atoms with Crippen LogP contribution < -0.4 is 0 Å². The largest absolute Gasteiger partial charge is 0.397 e. The molecule has 3 N–H and O–H groups in total. The predicted molar refractivity (Wildman–Crippen MR) is 72.9 cm³/mol. The minimum absolute atomic E-state index is 0.0289. The summed E-state index contributed by atoms with van der Waals surface area (Å²) >= 11 is 0. The van der Waals surface area contributed by atoms with Gasteiger partial charge in [-0.2, -0.15) is 0 Å². The van der Waals surface area contributed by atoms with Gasteiger partial charge in [0.25, 0.3) is 0 Å². The van der Waals surface area contributed by atoms with Gasteiger partial charge in [0.2, 0.25) is 0 Å². The van der Waals surface area contributed by atoms with Crippen molar-refractivity contribution in [3.05, 3.63) is 0 Å². The van der Waals surface area contributed by atoms with E-state index in [-0.39, 0.29) is 19.3 Å². The highest BCUT2D eigenvalue weighted by atomic mass is 16.3. The molecule has 3 atom stereocenters. The molecule has 1 rings (SSSR count). The molecule has 1 aliphatic carbocycles. The topological polar surface area (TPSA) is 60.7 Å². The van der Waals surface area contributed by atoms with E-state index in [0.717, 1.165) is 12.3 Å². The minimum Gasteiger partial charge on any atom is -0.397 e. The first kappa shape index (κ1) is 19.2. The van der Waals surface area contributed by atoms with Crippen LogP contribution in [0, 0.1) is 17.8 Å². The van der Waals surface area contributed by atoms with Crippen molar-refractivity contribution in [2.45, 2.75) is 60.0 Å². The van der Waals surface area contributed by atoms with Crippen LogP contribution in [0.5, 0.6) is 0 Å². The van der Waals surface area contributed by atoms with Crippen molar-refractivity contribution in [3.63, 3.8) is 0 Å². The average Bonchev–Trinajstić information content (AvgIpc) is 2.18. The summed E-state index contributed by atoms with van der Waals surface area (Å²) in [4.78, 5) is 0. The Kier molecular flexibility index (Phi) is 14.0. The third kappa shape index (κ3) is 10.7. The Morgan fingerprint density at radius 1 is 1.06 bits per heavy atom. The van der Waals surface area contributed by atoms with Gasteiger partial charge in [0.15, 0.2) is 0 Å². The van der Waals surface area contributed by atoms with Crippen LogP contribution in [-0.4, -0.2) is 34.6 Å². The number of aliphatic hydroxyl groups is 3. The standard InChI is InChI=1S/C10H20O.2C2H6O/c1-7(2)9-5-4-8(3)6-10(9)11;2*1-2-3/h7-11H,4-6H2,1-3H3;2*3H,2H2,1H3. The summed E-state index contributed by atoms with van der Waals surface area (Å²) in [5.41, 5.74) is 0. The Labute approximate surface area is 107 Å². The van der Waals surface area contributed by atoms with E-state index in [2.05, 4.69) is 20.8 Å². The molecule has 0 aromatic rings. The maximum Gasteiger partial charge on any atom is 0.0573 e. The van der Waals surface area contributed by atoms with E-state index in [1.54, 1.807) is 13.8 Å². The first-order valence-electron chi connectivity index (χ1n) is 6.84. The van der Waals surface area contributed by atoms with Gasteiger partial charge in [-0.1, -0.05) is 27.2 Å². The van der Waals surface area contributed by atoms with Crippen LogP contribution in [0.2, 0.25) is 0 Å². The van der Waals surface area contributed by atoms with Gasteiger partial charge in [-0.05, 0) is 44.4 Å². The van der Waals surface area contributed by atoms with Crippen LogP contribution in [0.1, 0.15) is 53.9 Å². The Balaban J connectivity index is 0. The van der Waals surface area contributed by atoms with Crippen molar-refractivity contribution < 1.29 is 15.3 Å². The van der Waals surface area contributed by atoms with Gasteiger partial charge in [0, 0.05) is 13.2 Å². The molecule has 0 amide bonds. The summed E-state index contributed by atoms with van der Waals surface area (Å²) < 4.78 is 0. The third-order valence-electron chi connectivity index (χ3n) is 2.99. The molecule has 0 bridgehead atoms. The molecule has 0 aromatic carbocycles. The van der Waals surface area contributed by atoms with Gasteiger partial charge in [0.1, 0.15) is 0 Å². The Morgan fingerprint density at radius 3 is 1.76 bits per heavy atom. The molecular weight excluding hydrogens is 216 g/mol. The highest BCUT2D eigenvalue weighted by Gasteiger charge is 2.28. The van der Waals surface area contributed by atoms with Crippen LogP contribution in [0.15, 0.2) is 0 Å². The highest BCUT2D eigenvalue weighted by molar-refractivity contribution is 4.79. The molecule has 0 radical (unpaired) electrons. The fourth-order valence-electron chi connectivity index (χ4n) is 2.15. The zero-order chi connectivity index (χ0) is 13.8. The monoisotopic (exact) mass is 248 g/mol. The fourth-order valence-corrected chi connectivity index (χ4v) is 2.15. The molecule has 0 saturated heterocycles. The van der Waals surface area contributed by atoms with Crippen LogP contribution in [0.3, 0.4) is 0 Å². The van der Waals surface area contributed by atoms with Crippen molar-refractivity contribution in [2.75, 3.05) is 13.2 Å². The molecule has 0 aliphatic heterocycles. The number of hydrogen-bond donors (Lipinski definition) is 3. The third-order valence-corrected chi connectivity index (χ3v) is 2.99. The Morgan fingerprint density at radius 2 is 1.47 bits per heavy atom. The van der Waals surface area contributed by atoms with Gasteiger partial charge >= 0.3 is 0 Å². The number of rotatable bonds is 1. The van der Waals surface area contributed by atoms with Crippen molar-refractivity contribution in [3.8, 4) is 0 Å². The molecule has 0 aromatic heterocycles. The minimum atomic E-state index is -0.0289. The molecule has 0 heterocycles. The van der Waals surface area contributed by atoms with E-state index in [9.17, 15) is 5.11 Å². The summed E-state index contributed by atoms with van der Waals surface area (Å²) in [6.45, 7) is 10.5. The molecular formula is C14H32O3. The van der Waals surface area contributed by atoms with E-state index < -0.39 is 0 Å². The van der Waals surface area contributed by atoms with Crippen LogP contribution >= 0.6 is 0 Å². The molecule has 0 spiro atoms. The lowest BCUT2D eigenvalue weighted by molar-refractivity contribution is 0.0266. The average molecular weight is 248 g/mol. The zero-order valence-corrected chi connectivity index (χ0v) is 12.2. The lowest BCUT2D eigenvalue weighted by Gasteiger charge is -2.33. The summed E-state index contributed by atoms with van der Waals surface area (Å²) in [5.74, 6) is 1.95. The van der Waals surface area contributed by atoms with Gasteiger partial charge in [-0.3, -0.25) is 0 Å². The molecule has 3 heteroatoms. The molecule has 1 aliphatic rings. The maximum atomic E-state index is 9.71. The highest BCUT2D eigenvalue weighted by Crippen LogP contribution is 2.33. The van der Waals surface area contributed by atoms with Gasteiger partial charge in [-0.15, -0.1) is 0 Å². The normalized spacial score (nSPS) is 27.7. The van der Waals surface area contributed by atoms with Gasteiger partial charge in [0.05, 0.1) is 6.10 Å². The second-order valence-electron chi connectivity index (χ2n) is 5.03. The number of hydrogen-bond acceptors (Lipinski definition) is 3. The summed E-state index contributed by atoms with van der Waals surface area (Å²) in [7, 11) is 0. The summed E-state index contributed by atoms with van der Waals surface area (Å²) in [5, 5.41) is 24.8. The quantitative estimate of drug-likeness (QED) is 0.668. The first-order valence-corrected chi connectivity index (χ1v) is 6.84. The van der Waals surface area contributed by atoms with E-state index in [4.69, 9.17) is 10.2 Å². The van der Waals surface area contributed by atoms with Gasteiger partial charge < -0.3 is 15.3 Å². The maximum absolute atomic E-state index is 9.71. The Hall–Kier alpha value is -0.120. The lowest BCUT2D eigenvalue weighted by Crippen LogP contribution is -2.31. The van der Waals surface area contributed by atoms with E-state index in [1.165, 1.54) is 12.8 Å². The first-order chi connectivity index (χ1) is 7.94. The molecule has 106 valence electrons. The summed E-state index contributed by atoms with van der Waals surface area (Å²) in [6, 6.07) is 0. The fraction of sp³-hybridized carbons (Fsp3) is 1.00. The molecule has 1 saturated carbocycles. The second-order valence-corrected chi connectivity index (χ2v) is 5.03. The van der Waals surface area contributed by atoms with Crippen molar-refractivity contribution in [2.24, 2.45) is 17.8 Å². The van der Waals surface area contributed by atoms with E-state index in [0.29, 0.717) is 11.8 Å². The van der Waals surface area contributed by atoms with Crippen molar-refractivity contribution in [1.82, 2.24) is 0 Å². The van der Waals surface area contributed by atoms with E-state index >= 15 is 0 Å². The smallest absolute Gasteiger partial charge is 0.0573 e. The van der Waals surface area contributed by atoms with Crippen molar-refractivity contribution >= 4 is 0 Å². The van der Waals surface area contributed by atoms with E-state index in [1.807, 2.05) is 0 Å². The predicted octanol–water partition coefficient (Wildman–Crippen LogP) is 2.44. The summed E-state index contributed by atoms with van der Waals surface area (Å²) in [6.07, 6.45) is 3.52. The molecule has 17 heavy (non-hydrogen) atoms. The molecule has 1 fully saturated rings. The number of aliphatic hydroxyl groups excluding tert-OH is 3. The lowest BCUT2D eigenvalue weighted by atomic mass is 9.75. The van der Waals surface area contributed by atoms with Crippen LogP contribution in [0.4, 0.5) is 0 Å². The molecule has 3 unspecified atom stereocenters. The zero-order valence-electron chi connectivity index (χ0n) is 12.2. The second kappa shape index (κ2) is 12.3. The van der Waals surface area contributed by atoms with Crippen LogP contribution in [0.25, 0.3) is 0 Å². The van der Waals surface area contributed by atoms with Crippen LogP contribution in [-0.2, 0) is 0 Å². The Bertz CT molecular complexity index is 146. The SMILES string of the molecule is CC1CCC(C(C)C)C(O)C1.CCO.CCO. The molecule has 3 nitrogen and oxygen atoms in total. The van der Waals surface area contributed by atoms with Gasteiger partial charge in [-0.25, -0.2) is 0 Å². The van der Waals surface area contributed by atoms with Crippen molar-refractivity contribution in [1.29, 1.82) is 0 Å².